The molecule has 2 heterocycles. The Bertz CT molecular complexity index is 609. The normalized spacial score (nSPS) is 21.3. The molecule has 7 heteroatoms. The van der Waals surface area contributed by atoms with Crippen LogP contribution < -0.4 is 10.2 Å². The van der Waals surface area contributed by atoms with Gasteiger partial charge < -0.3 is 15.1 Å². The fourth-order valence-electron chi connectivity index (χ4n) is 3.05. The minimum atomic E-state index is -0.0631. The Morgan fingerprint density at radius 1 is 1.35 bits per heavy atom. The molecule has 1 aromatic rings. The van der Waals surface area contributed by atoms with Crippen molar-refractivity contribution in [2.45, 2.75) is 25.8 Å². The highest BCUT2D eigenvalue weighted by molar-refractivity contribution is 6.34. The first-order valence-corrected chi connectivity index (χ1v) is 8.06. The third-order valence-corrected chi connectivity index (χ3v) is 4.55. The lowest BCUT2D eigenvalue weighted by molar-refractivity contribution is -0.117. The number of benzene rings is 1. The molecule has 2 fully saturated rings. The van der Waals surface area contributed by atoms with Crippen LogP contribution in [0.2, 0.25) is 5.02 Å². The quantitative estimate of drug-likeness (QED) is 0.883. The van der Waals surface area contributed by atoms with Gasteiger partial charge in [0.05, 0.1) is 10.6 Å². The first kappa shape index (κ1) is 18.0. The molecule has 1 aromatic carbocycles. The second-order valence-corrected chi connectivity index (χ2v) is 6.33. The number of piperazine rings is 1. The highest BCUT2D eigenvalue weighted by Gasteiger charge is 2.26. The molecule has 0 unspecified atom stereocenters. The number of rotatable bonds is 2. The van der Waals surface area contributed by atoms with E-state index in [-0.39, 0.29) is 30.3 Å². The van der Waals surface area contributed by atoms with Crippen LogP contribution in [-0.4, -0.2) is 48.9 Å². The van der Waals surface area contributed by atoms with Crippen LogP contribution in [0.4, 0.5) is 5.69 Å². The second-order valence-electron chi connectivity index (χ2n) is 5.92. The van der Waals surface area contributed by atoms with E-state index in [0.29, 0.717) is 36.6 Å². The maximum atomic E-state index is 12.7. The van der Waals surface area contributed by atoms with Crippen LogP contribution in [0.5, 0.6) is 0 Å². The lowest BCUT2D eigenvalue weighted by Crippen LogP contribution is -2.51. The minimum Gasteiger partial charge on any atom is -0.336 e. The Balaban J connectivity index is 0.00000192. The van der Waals surface area contributed by atoms with Crippen molar-refractivity contribution in [3.05, 3.63) is 28.8 Å². The van der Waals surface area contributed by atoms with Gasteiger partial charge in [-0.25, -0.2) is 0 Å². The lowest BCUT2D eigenvalue weighted by Gasteiger charge is -2.32. The standard InChI is InChI=1S/C16H20ClN3O2.ClH/c1-11-10-19(8-6-18-11)16(22)13-9-12(4-5-14(13)17)20-7-2-3-15(20)21;/h4-5,9,11,18H,2-3,6-8,10H2,1H3;1H/t11-;/m1./s1. The number of hydrogen-bond donors (Lipinski definition) is 1. The van der Waals surface area contributed by atoms with Gasteiger partial charge in [-0.3, -0.25) is 9.59 Å². The predicted molar refractivity (Wildman–Crippen MR) is 93.7 cm³/mol. The lowest BCUT2D eigenvalue weighted by atomic mass is 10.1. The Morgan fingerprint density at radius 3 is 2.78 bits per heavy atom. The van der Waals surface area contributed by atoms with Gasteiger partial charge >= 0.3 is 0 Å². The molecule has 2 saturated heterocycles. The average molecular weight is 358 g/mol. The molecule has 1 atom stereocenters. The van der Waals surface area contributed by atoms with E-state index in [1.807, 2.05) is 11.0 Å². The summed E-state index contributed by atoms with van der Waals surface area (Å²) in [7, 11) is 0. The van der Waals surface area contributed by atoms with Crippen molar-refractivity contribution in [2.24, 2.45) is 0 Å². The molecule has 0 aliphatic carbocycles. The van der Waals surface area contributed by atoms with Crippen LogP contribution in [0.3, 0.4) is 0 Å². The molecule has 0 aromatic heterocycles. The summed E-state index contributed by atoms with van der Waals surface area (Å²) in [5.41, 5.74) is 1.24. The molecule has 5 nitrogen and oxygen atoms in total. The van der Waals surface area contributed by atoms with E-state index in [4.69, 9.17) is 11.6 Å². The van der Waals surface area contributed by atoms with Crippen LogP contribution in [0.1, 0.15) is 30.1 Å². The van der Waals surface area contributed by atoms with Gasteiger partial charge in [-0.2, -0.15) is 0 Å². The van der Waals surface area contributed by atoms with Crippen molar-refractivity contribution in [2.75, 3.05) is 31.1 Å². The monoisotopic (exact) mass is 357 g/mol. The van der Waals surface area contributed by atoms with Crippen LogP contribution in [0.25, 0.3) is 0 Å². The molecule has 0 bridgehead atoms. The minimum absolute atomic E-state index is 0. The number of anilines is 1. The maximum Gasteiger partial charge on any atom is 0.255 e. The van der Waals surface area contributed by atoms with Crippen LogP contribution in [0.15, 0.2) is 18.2 Å². The SMILES string of the molecule is C[C@@H]1CN(C(=O)c2cc(N3CCCC3=O)ccc2Cl)CCN1.Cl. The molecule has 23 heavy (non-hydrogen) atoms. The van der Waals surface area contributed by atoms with Gasteiger partial charge in [0.25, 0.3) is 5.91 Å². The molecule has 0 radical (unpaired) electrons. The third kappa shape index (κ3) is 3.79. The van der Waals surface area contributed by atoms with Crippen molar-refractivity contribution < 1.29 is 9.59 Å². The van der Waals surface area contributed by atoms with Gasteiger partial charge in [0, 0.05) is 44.3 Å². The van der Waals surface area contributed by atoms with E-state index >= 15 is 0 Å². The highest BCUT2D eigenvalue weighted by atomic mass is 35.5. The van der Waals surface area contributed by atoms with Crippen LogP contribution in [0, 0.1) is 0 Å². The van der Waals surface area contributed by atoms with Crippen molar-refractivity contribution in [3.8, 4) is 0 Å². The smallest absolute Gasteiger partial charge is 0.255 e. The Morgan fingerprint density at radius 2 is 2.13 bits per heavy atom. The van der Waals surface area contributed by atoms with Crippen molar-refractivity contribution >= 4 is 41.5 Å². The molecule has 0 spiro atoms. The molecule has 2 amide bonds. The summed E-state index contributed by atoms with van der Waals surface area (Å²) in [5.74, 6) is 0.0448. The number of nitrogens with zero attached hydrogens (tertiary/aromatic N) is 2. The van der Waals surface area contributed by atoms with Crippen molar-refractivity contribution in [1.82, 2.24) is 10.2 Å². The van der Waals surface area contributed by atoms with Crippen LogP contribution in [-0.2, 0) is 4.79 Å². The van der Waals surface area contributed by atoms with Gasteiger partial charge in [0.2, 0.25) is 5.91 Å². The van der Waals surface area contributed by atoms with E-state index in [9.17, 15) is 9.59 Å². The molecule has 2 aliphatic rings. The van der Waals surface area contributed by atoms with E-state index in [2.05, 4.69) is 12.2 Å². The first-order valence-electron chi connectivity index (χ1n) is 7.69. The summed E-state index contributed by atoms with van der Waals surface area (Å²) in [6, 6.07) is 5.55. The molecule has 126 valence electrons. The molecule has 3 rings (SSSR count). The number of amides is 2. The largest absolute Gasteiger partial charge is 0.336 e. The van der Waals surface area contributed by atoms with E-state index in [0.717, 1.165) is 18.7 Å². The van der Waals surface area contributed by atoms with Crippen molar-refractivity contribution in [1.29, 1.82) is 0 Å². The zero-order valence-corrected chi connectivity index (χ0v) is 14.6. The van der Waals surface area contributed by atoms with E-state index < -0.39 is 0 Å². The Labute approximate surface area is 147 Å². The Kier molecular flexibility index (Phi) is 5.89. The van der Waals surface area contributed by atoms with Gasteiger partial charge in [0.1, 0.15) is 0 Å². The molecule has 2 aliphatic heterocycles. The van der Waals surface area contributed by atoms with Crippen LogP contribution >= 0.6 is 24.0 Å². The Hall–Kier alpha value is -1.30. The van der Waals surface area contributed by atoms with Gasteiger partial charge in [-0.1, -0.05) is 11.6 Å². The van der Waals surface area contributed by atoms with E-state index in [1.54, 1.807) is 17.0 Å². The molecule has 0 saturated carbocycles. The second kappa shape index (κ2) is 7.51. The number of hydrogen-bond acceptors (Lipinski definition) is 3. The van der Waals surface area contributed by atoms with E-state index in [1.165, 1.54) is 0 Å². The summed E-state index contributed by atoms with van der Waals surface area (Å²) in [6.07, 6.45) is 1.43. The summed E-state index contributed by atoms with van der Waals surface area (Å²) < 4.78 is 0. The maximum absolute atomic E-state index is 12.7. The zero-order chi connectivity index (χ0) is 15.7. The van der Waals surface area contributed by atoms with Gasteiger partial charge in [0.15, 0.2) is 0 Å². The van der Waals surface area contributed by atoms with Gasteiger partial charge in [-0.05, 0) is 31.5 Å². The number of carbonyl (C=O) groups excluding carboxylic acids is 2. The van der Waals surface area contributed by atoms with Crippen molar-refractivity contribution in [3.63, 3.8) is 0 Å². The highest BCUT2D eigenvalue weighted by Crippen LogP contribution is 2.27. The summed E-state index contributed by atoms with van der Waals surface area (Å²) in [5, 5.41) is 3.75. The molecule has 1 N–H and O–H groups in total. The fourth-order valence-corrected chi connectivity index (χ4v) is 3.25. The summed E-state index contributed by atoms with van der Waals surface area (Å²) in [6.45, 7) is 4.89. The third-order valence-electron chi connectivity index (χ3n) is 4.22. The summed E-state index contributed by atoms with van der Waals surface area (Å²) >= 11 is 6.22. The zero-order valence-electron chi connectivity index (χ0n) is 13.0. The number of nitrogens with one attached hydrogen (secondary N) is 1. The fraction of sp³-hybridized carbons (Fsp3) is 0.500. The summed E-state index contributed by atoms with van der Waals surface area (Å²) in [4.78, 5) is 28.1. The predicted octanol–water partition coefficient (Wildman–Crippen LogP) is 2.32. The average Bonchev–Trinajstić information content (AvgIpc) is 2.93. The number of carbonyl (C=O) groups is 2. The van der Waals surface area contributed by atoms with Gasteiger partial charge in [-0.15, -0.1) is 12.4 Å². The number of halogens is 2. The topological polar surface area (TPSA) is 52.7 Å². The first-order chi connectivity index (χ1) is 10.6. The molecular weight excluding hydrogens is 337 g/mol. The molecular formula is C16H21Cl2N3O2.